The Morgan fingerprint density at radius 1 is 1.23 bits per heavy atom. The van der Waals surface area contributed by atoms with Gasteiger partial charge in [0.1, 0.15) is 18.5 Å². The molecule has 0 bridgehead atoms. The van der Waals surface area contributed by atoms with Crippen LogP contribution in [0.15, 0.2) is 18.2 Å². The monoisotopic (exact) mass is 327 g/mol. The number of aliphatic hydroxyl groups is 1. The summed E-state index contributed by atoms with van der Waals surface area (Å²) in [4.78, 5) is 0. The van der Waals surface area contributed by atoms with Gasteiger partial charge in [-0.05, 0) is 56.4 Å². The fourth-order valence-corrected chi connectivity index (χ4v) is 3.03. The van der Waals surface area contributed by atoms with Crippen molar-refractivity contribution in [1.29, 1.82) is 0 Å². The molecule has 0 aliphatic carbocycles. The van der Waals surface area contributed by atoms with Crippen molar-refractivity contribution < 1.29 is 9.84 Å². The zero-order chi connectivity index (χ0) is 17.0. The number of β-amino-alcohol motifs (C(OH)–C–C–N with tert-alkyl or cyclic N) is 1. The number of aryl methyl sites for hydroxylation is 1. The predicted molar refractivity (Wildman–Crippen MR) is 93.8 cm³/mol. The summed E-state index contributed by atoms with van der Waals surface area (Å²) < 4.78 is 5.67. The van der Waals surface area contributed by atoms with E-state index >= 15 is 0 Å². The minimum absolute atomic E-state index is 0.0184. The smallest absolute Gasteiger partial charge is 0.122 e. The first-order chi connectivity index (χ1) is 9.98. The van der Waals surface area contributed by atoms with Crippen LogP contribution in [0.4, 0.5) is 0 Å². The van der Waals surface area contributed by atoms with Crippen LogP contribution in [0.25, 0.3) is 0 Å². The van der Waals surface area contributed by atoms with E-state index in [2.05, 4.69) is 39.9 Å². The molecule has 4 heteroatoms. The molecule has 0 radical (unpaired) electrons. The summed E-state index contributed by atoms with van der Waals surface area (Å²) in [5, 5.41) is 14.2. The molecule has 0 spiro atoms. The number of aliphatic hydroxyl groups excluding tert-OH is 1. The summed E-state index contributed by atoms with van der Waals surface area (Å²) in [6.07, 6.45) is 0.485. The molecule has 0 aromatic heterocycles. The molecular weight excluding hydrogens is 298 g/mol. The molecule has 126 valence electrons. The topological polar surface area (TPSA) is 41.5 Å². The summed E-state index contributed by atoms with van der Waals surface area (Å²) in [6.45, 7) is 13.7. The van der Waals surface area contributed by atoms with Crippen molar-refractivity contribution in [2.75, 3.05) is 13.2 Å². The van der Waals surface area contributed by atoms with Gasteiger partial charge in [0, 0.05) is 17.1 Å². The molecule has 0 aliphatic rings. The van der Waals surface area contributed by atoms with Crippen molar-refractivity contribution in [2.45, 2.75) is 59.6 Å². The maximum atomic E-state index is 10.1. The lowest BCUT2D eigenvalue weighted by Gasteiger charge is -2.34. The van der Waals surface area contributed by atoms with Crippen LogP contribution < -0.4 is 10.1 Å². The number of hydrogen-bond donors (Lipinski definition) is 2. The Bertz CT molecular complexity index is 480. The molecule has 22 heavy (non-hydrogen) atoms. The molecular formula is C18H30ClNO2. The lowest BCUT2D eigenvalue weighted by molar-refractivity contribution is 0.0941. The Morgan fingerprint density at radius 3 is 2.41 bits per heavy atom. The lowest BCUT2D eigenvalue weighted by atomic mass is 9.82. The van der Waals surface area contributed by atoms with Crippen LogP contribution in [-0.2, 0) is 0 Å². The normalized spacial score (nSPS) is 14.0. The van der Waals surface area contributed by atoms with Gasteiger partial charge in [0.2, 0.25) is 0 Å². The van der Waals surface area contributed by atoms with Crippen molar-refractivity contribution in [3.05, 3.63) is 28.8 Å². The van der Waals surface area contributed by atoms with Gasteiger partial charge in [-0.15, -0.1) is 0 Å². The highest BCUT2D eigenvalue weighted by molar-refractivity contribution is 6.30. The van der Waals surface area contributed by atoms with Crippen molar-refractivity contribution >= 4 is 11.6 Å². The highest BCUT2D eigenvalue weighted by Crippen LogP contribution is 2.26. The van der Waals surface area contributed by atoms with E-state index in [1.807, 2.05) is 19.1 Å². The summed E-state index contributed by atoms with van der Waals surface area (Å²) in [7, 11) is 0. The van der Waals surface area contributed by atoms with Gasteiger partial charge in [-0.3, -0.25) is 0 Å². The Morgan fingerprint density at radius 2 is 1.86 bits per heavy atom. The maximum Gasteiger partial charge on any atom is 0.122 e. The summed E-state index contributed by atoms with van der Waals surface area (Å²) in [5.74, 6) is 0.761. The first kappa shape index (κ1) is 19.3. The van der Waals surface area contributed by atoms with Crippen LogP contribution in [0.2, 0.25) is 5.02 Å². The molecule has 1 rings (SSSR count). The molecule has 0 saturated heterocycles. The van der Waals surface area contributed by atoms with Crippen LogP contribution in [0.1, 0.15) is 46.6 Å². The minimum Gasteiger partial charge on any atom is -0.491 e. The second kappa shape index (κ2) is 7.67. The van der Waals surface area contributed by atoms with E-state index in [1.165, 1.54) is 0 Å². The van der Waals surface area contributed by atoms with Crippen LogP contribution in [0, 0.1) is 12.3 Å². The third kappa shape index (κ3) is 7.48. The Kier molecular flexibility index (Phi) is 6.72. The number of nitrogens with one attached hydrogen (secondary N) is 1. The second-order valence-electron chi connectivity index (χ2n) is 7.88. The predicted octanol–water partition coefficient (Wildman–Crippen LogP) is 4.19. The molecule has 1 aromatic rings. The van der Waals surface area contributed by atoms with Gasteiger partial charge in [-0.2, -0.15) is 0 Å². The van der Waals surface area contributed by atoms with Crippen molar-refractivity contribution in [1.82, 2.24) is 5.32 Å². The van der Waals surface area contributed by atoms with Crippen LogP contribution in [0.5, 0.6) is 5.75 Å². The van der Waals surface area contributed by atoms with Crippen molar-refractivity contribution in [3.63, 3.8) is 0 Å². The zero-order valence-corrected chi connectivity index (χ0v) is 15.4. The van der Waals surface area contributed by atoms with Crippen LogP contribution >= 0.6 is 11.6 Å². The van der Waals surface area contributed by atoms with Gasteiger partial charge in [0.15, 0.2) is 0 Å². The van der Waals surface area contributed by atoms with Gasteiger partial charge in [0.25, 0.3) is 0 Å². The van der Waals surface area contributed by atoms with Gasteiger partial charge in [0.05, 0.1) is 0 Å². The quantitative estimate of drug-likeness (QED) is 0.789. The van der Waals surface area contributed by atoms with Crippen LogP contribution in [-0.4, -0.2) is 29.9 Å². The Balaban J connectivity index is 2.42. The third-order valence-corrected chi connectivity index (χ3v) is 3.59. The van der Waals surface area contributed by atoms with Crippen molar-refractivity contribution in [3.8, 4) is 5.75 Å². The van der Waals surface area contributed by atoms with E-state index in [1.54, 1.807) is 6.07 Å². The number of ether oxygens (including phenoxy) is 1. The largest absolute Gasteiger partial charge is 0.491 e. The van der Waals surface area contributed by atoms with E-state index in [9.17, 15) is 5.11 Å². The highest BCUT2D eigenvalue weighted by atomic mass is 35.5. The number of benzene rings is 1. The average molecular weight is 328 g/mol. The number of rotatable bonds is 7. The Hall–Kier alpha value is -0.770. The molecule has 0 fully saturated rings. The van der Waals surface area contributed by atoms with Gasteiger partial charge >= 0.3 is 0 Å². The van der Waals surface area contributed by atoms with E-state index in [-0.39, 0.29) is 17.6 Å². The van der Waals surface area contributed by atoms with E-state index in [4.69, 9.17) is 16.3 Å². The molecule has 3 nitrogen and oxygen atoms in total. The molecule has 0 aliphatic heterocycles. The van der Waals surface area contributed by atoms with Crippen molar-refractivity contribution in [2.24, 2.45) is 5.41 Å². The fourth-order valence-electron chi connectivity index (χ4n) is 2.80. The second-order valence-corrected chi connectivity index (χ2v) is 8.31. The lowest BCUT2D eigenvalue weighted by Crippen LogP contribution is -2.46. The molecule has 2 N–H and O–H groups in total. The zero-order valence-electron chi connectivity index (χ0n) is 14.7. The number of hydrogen-bond acceptors (Lipinski definition) is 3. The molecule has 0 saturated carbocycles. The standard InChI is InChI=1S/C18H30ClNO2/c1-13-9-14(19)7-8-16(13)22-11-15(21)10-20-18(5,6)12-17(2,3)4/h7-9,15,20-21H,10-12H2,1-6H3. The first-order valence-electron chi connectivity index (χ1n) is 7.81. The SMILES string of the molecule is Cc1cc(Cl)ccc1OCC(O)CNC(C)(C)CC(C)(C)C. The summed E-state index contributed by atoms with van der Waals surface area (Å²) >= 11 is 5.92. The highest BCUT2D eigenvalue weighted by Gasteiger charge is 2.25. The Labute approximate surface area is 140 Å². The van der Waals surface area contributed by atoms with Gasteiger partial charge in [-0.1, -0.05) is 32.4 Å². The molecule has 1 unspecified atom stereocenters. The first-order valence-corrected chi connectivity index (χ1v) is 8.18. The van der Waals surface area contributed by atoms with E-state index in [0.29, 0.717) is 11.6 Å². The molecule has 0 amide bonds. The summed E-state index contributed by atoms with van der Waals surface area (Å²) in [6, 6.07) is 5.48. The maximum absolute atomic E-state index is 10.1. The fraction of sp³-hybridized carbons (Fsp3) is 0.667. The van der Waals surface area contributed by atoms with Crippen LogP contribution in [0.3, 0.4) is 0 Å². The van der Waals surface area contributed by atoms with Gasteiger partial charge < -0.3 is 15.2 Å². The number of halogens is 1. The van der Waals surface area contributed by atoms with Gasteiger partial charge in [-0.25, -0.2) is 0 Å². The molecule has 0 heterocycles. The van der Waals surface area contributed by atoms with E-state index in [0.717, 1.165) is 17.7 Å². The molecule has 1 atom stereocenters. The minimum atomic E-state index is -0.547. The molecule has 1 aromatic carbocycles. The van der Waals surface area contributed by atoms with E-state index < -0.39 is 6.10 Å². The third-order valence-electron chi connectivity index (χ3n) is 3.36. The summed E-state index contributed by atoms with van der Waals surface area (Å²) in [5.41, 5.74) is 1.20. The average Bonchev–Trinajstić information content (AvgIpc) is 2.32.